The number of hydrogen-bond acceptors (Lipinski definition) is 2. The lowest BCUT2D eigenvalue weighted by Gasteiger charge is -2.30. The van der Waals surface area contributed by atoms with E-state index in [4.69, 9.17) is 11.6 Å². The Bertz CT molecular complexity index is 982. The van der Waals surface area contributed by atoms with Crippen molar-refractivity contribution in [3.05, 3.63) is 76.7 Å². The number of hydrogen-bond donors (Lipinski definition) is 1. The van der Waals surface area contributed by atoms with Crippen molar-refractivity contribution in [2.24, 2.45) is 0 Å². The molecule has 1 N–H and O–H groups in total. The predicted molar refractivity (Wildman–Crippen MR) is 110 cm³/mol. The second kappa shape index (κ2) is 8.27. The molecule has 1 heterocycles. The first-order valence-corrected chi connectivity index (χ1v) is 10.0. The van der Waals surface area contributed by atoms with Gasteiger partial charge in [0.25, 0.3) is 0 Å². The molecule has 4 rings (SSSR count). The molecular formula is C23H22ClFN2O. The average molecular weight is 397 g/mol. The van der Waals surface area contributed by atoms with Crippen molar-refractivity contribution in [2.45, 2.75) is 44.1 Å². The maximum Gasteiger partial charge on any atom is 0.224 e. The number of pyridine rings is 1. The van der Waals surface area contributed by atoms with Gasteiger partial charge in [0.05, 0.1) is 11.9 Å². The molecule has 3 nitrogen and oxygen atoms in total. The Labute approximate surface area is 168 Å². The van der Waals surface area contributed by atoms with Gasteiger partial charge in [0, 0.05) is 22.6 Å². The van der Waals surface area contributed by atoms with E-state index in [0.29, 0.717) is 17.4 Å². The first kappa shape index (κ1) is 18.9. The number of rotatable bonds is 4. The lowest BCUT2D eigenvalue weighted by atomic mass is 9.80. The van der Waals surface area contributed by atoms with Crippen LogP contribution in [-0.4, -0.2) is 16.9 Å². The molecule has 0 bridgehead atoms. The Morgan fingerprint density at radius 3 is 2.57 bits per heavy atom. The van der Waals surface area contributed by atoms with E-state index in [1.165, 1.54) is 6.07 Å². The number of fused-ring (bicyclic) bond motifs is 1. The van der Waals surface area contributed by atoms with Crippen molar-refractivity contribution in [1.82, 2.24) is 10.3 Å². The predicted octanol–water partition coefficient (Wildman–Crippen LogP) is 5.41. The topological polar surface area (TPSA) is 42.0 Å². The molecule has 0 spiro atoms. The monoisotopic (exact) mass is 396 g/mol. The standard InChI is InChI=1S/C23H22ClFN2O/c24-17-5-1-15(2-6-17)13-23(28)27-19-8-3-16(4-9-19)20-11-12-26-22-10-7-18(25)14-21(20)22/h1-2,5-7,10-12,14,16,19H,3-4,8-9,13H2,(H,27,28)/t16-,19+. The summed E-state index contributed by atoms with van der Waals surface area (Å²) in [5, 5.41) is 4.73. The largest absolute Gasteiger partial charge is 0.353 e. The van der Waals surface area contributed by atoms with Crippen molar-refractivity contribution >= 4 is 28.4 Å². The van der Waals surface area contributed by atoms with Gasteiger partial charge in [-0.15, -0.1) is 0 Å². The lowest BCUT2D eigenvalue weighted by molar-refractivity contribution is -0.121. The Balaban J connectivity index is 1.36. The number of halogens is 2. The molecule has 1 fully saturated rings. The summed E-state index contributed by atoms with van der Waals surface area (Å²) in [7, 11) is 0. The molecule has 5 heteroatoms. The van der Waals surface area contributed by atoms with Gasteiger partial charge >= 0.3 is 0 Å². The van der Waals surface area contributed by atoms with Gasteiger partial charge in [0.2, 0.25) is 5.91 Å². The molecule has 2 aromatic carbocycles. The Hall–Kier alpha value is -2.46. The summed E-state index contributed by atoms with van der Waals surface area (Å²) in [5.41, 5.74) is 2.95. The molecule has 3 aromatic rings. The van der Waals surface area contributed by atoms with Crippen molar-refractivity contribution in [3.63, 3.8) is 0 Å². The Morgan fingerprint density at radius 1 is 1.07 bits per heavy atom. The van der Waals surface area contributed by atoms with Crippen LogP contribution in [0.15, 0.2) is 54.7 Å². The van der Waals surface area contributed by atoms with Gasteiger partial charge in [-0.2, -0.15) is 0 Å². The highest BCUT2D eigenvalue weighted by molar-refractivity contribution is 6.30. The van der Waals surface area contributed by atoms with Gasteiger partial charge in [-0.3, -0.25) is 9.78 Å². The molecule has 0 aliphatic heterocycles. The number of carbonyl (C=O) groups is 1. The van der Waals surface area contributed by atoms with Crippen LogP contribution in [0.4, 0.5) is 4.39 Å². The van der Waals surface area contributed by atoms with Crippen LogP contribution < -0.4 is 5.32 Å². The van der Waals surface area contributed by atoms with Crippen LogP contribution in [0.2, 0.25) is 5.02 Å². The second-order valence-electron chi connectivity index (χ2n) is 7.48. The normalized spacial score (nSPS) is 19.5. The zero-order chi connectivity index (χ0) is 19.5. The quantitative estimate of drug-likeness (QED) is 0.640. The summed E-state index contributed by atoms with van der Waals surface area (Å²) in [4.78, 5) is 16.7. The highest BCUT2D eigenvalue weighted by Crippen LogP contribution is 2.36. The third-order valence-electron chi connectivity index (χ3n) is 5.55. The fourth-order valence-electron chi connectivity index (χ4n) is 4.11. The minimum absolute atomic E-state index is 0.0437. The summed E-state index contributed by atoms with van der Waals surface area (Å²) in [6.07, 6.45) is 5.97. The number of carbonyl (C=O) groups excluding carboxylic acids is 1. The number of aromatic nitrogens is 1. The van der Waals surface area contributed by atoms with Crippen LogP contribution in [0.25, 0.3) is 10.9 Å². The molecule has 1 aliphatic carbocycles. The molecular weight excluding hydrogens is 375 g/mol. The average Bonchev–Trinajstić information content (AvgIpc) is 2.70. The molecule has 1 amide bonds. The third-order valence-corrected chi connectivity index (χ3v) is 5.80. The van der Waals surface area contributed by atoms with E-state index >= 15 is 0 Å². The molecule has 144 valence electrons. The fourth-order valence-corrected chi connectivity index (χ4v) is 4.24. The van der Waals surface area contributed by atoms with Crippen molar-refractivity contribution in [2.75, 3.05) is 0 Å². The van der Waals surface area contributed by atoms with Crippen LogP contribution in [0, 0.1) is 5.82 Å². The van der Waals surface area contributed by atoms with E-state index in [-0.39, 0.29) is 17.8 Å². The second-order valence-corrected chi connectivity index (χ2v) is 7.92. The first-order valence-electron chi connectivity index (χ1n) is 9.66. The van der Waals surface area contributed by atoms with Gasteiger partial charge in [-0.1, -0.05) is 23.7 Å². The molecule has 0 radical (unpaired) electrons. The maximum atomic E-state index is 13.7. The molecule has 1 aromatic heterocycles. The smallest absolute Gasteiger partial charge is 0.224 e. The SMILES string of the molecule is O=C(Cc1ccc(Cl)cc1)N[C@H]1CC[C@@H](c2ccnc3ccc(F)cc32)CC1. The number of nitrogens with zero attached hydrogens (tertiary/aromatic N) is 1. The van der Waals surface area contributed by atoms with E-state index < -0.39 is 0 Å². The van der Waals surface area contributed by atoms with Gasteiger partial charge in [0.15, 0.2) is 0 Å². The molecule has 0 unspecified atom stereocenters. The molecule has 0 saturated heterocycles. The van der Waals surface area contributed by atoms with Crippen LogP contribution in [0.3, 0.4) is 0 Å². The third kappa shape index (κ3) is 4.33. The van der Waals surface area contributed by atoms with E-state index in [9.17, 15) is 9.18 Å². The summed E-state index contributed by atoms with van der Waals surface area (Å²) in [5.74, 6) is 0.184. The van der Waals surface area contributed by atoms with Gasteiger partial charge < -0.3 is 5.32 Å². The molecule has 1 aliphatic rings. The van der Waals surface area contributed by atoms with Crippen LogP contribution in [0.5, 0.6) is 0 Å². The van der Waals surface area contributed by atoms with Crippen molar-refractivity contribution in [1.29, 1.82) is 0 Å². The van der Waals surface area contributed by atoms with E-state index in [2.05, 4.69) is 10.3 Å². The summed E-state index contributed by atoms with van der Waals surface area (Å²) < 4.78 is 13.7. The number of benzene rings is 2. The van der Waals surface area contributed by atoms with E-state index in [1.807, 2.05) is 18.2 Å². The minimum atomic E-state index is -0.232. The van der Waals surface area contributed by atoms with Gasteiger partial charge in [0.1, 0.15) is 5.82 Å². The zero-order valence-corrected chi connectivity index (χ0v) is 16.3. The fraction of sp³-hybridized carbons (Fsp3) is 0.304. The van der Waals surface area contributed by atoms with E-state index in [1.54, 1.807) is 30.5 Å². The Morgan fingerprint density at radius 2 is 1.82 bits per heavy atom. The molecule has 0 atom stereocenters. The number of nitrogens with one attached hydrogen (secondary N) is 1. The van der Waals surface area contributed by atoms with Crippen LogP contribution >= 0.6 is 11.6 Å². The summed E-state index contributed by atoms with van der Waals surface area (Å²) in [6.45, 7) is 0. The molecule has 1 saturated carbocycles. The van der Waals surface area contributed by atoms with E-state index in [0.717, 1.165) is 47.7 Å². The summed E-state index contributed by atoms with van der Waals surface area (Å²) >= 11 is 5.89. The zero-order valence-electron chi connectivity index (χ0n) is 15.5. The van der Waals surface area contributed by atoms with Gasteiger partial charge in [-0.05, 0) is 79.1 Å². The highest BCUT2D eigenvalue weighted by atomic mass is 35.5. The number of amides is 1. The van der Waals surface area contributed by atoms with Crippen molar-refractivity contribution < 1.29 is 9.18 Å². The first-order chi connectivity index (χ1) is 13.6. The Kier molecular flexibility index (Phi) is 5.58. The van der Waals surface area contributed by atoms with Crippen molar-refractivity contribution in [3.8, 4) is 0 Å². The maximum absolute atomic E-state index is 13.7. The summed E-state index contributed by atoms with van der Waals surface area (Å²) in [6, 6.07) is 14.3. The highest BCUT2D eigenvalue weighted by Gasteiger charge is 2.24. The molecule has 28 heavy (non-hydrogen) atoms. The van der Waals surface area contributed by atoms with Crippen LogP contribution in [0.1, 0.15) is 42.7 Å². The minimum Gasteiger partial charge on any atom is -0.353 e. The lowest BCUT2D eigenvalue weighted by Crippen LogP contribution is -2.38. The van der Waals surface area contributed by atoms with Gasteiger partial charge in [-0.25, -0.2) is 4.39 Å². The van der Waals surface area contributed by atoms with Crippen LogP contribution in [-0.2, 0) is 11.2 Å².